The predicted molar refractivity (Wildman–Crippen MR) is 62.8 cm³/mol. The van der Waals surface area contributed by atoms with Gasteiger partial charge in [-0.3, -0.25) is 0 Å². The molecule has 0 saturated heterocycles. The van der Waals surface area contributed by atoms with Crippen molar-refractivity contribution in [3.05, 3.63) is 29.3 Å². The number of hydrogen-bond donors (Lipinski definition) is 1. The van der Waals surface area contributed by atoms with E-state index in [4.69, 9.17) is 0 Å². The van der Waals surface area contributed by atoms with Gasteiger partial charge in [0.15, 0.2) is 5.01 Å². The zero-order valence-corrected chi connectivity index (χ0v) is 9.43. The number of thiazole rings is 1. The summed E-state index contributed by atoms with van der Waals surface area (Å²) < 4.78 is 1.12. The molecular weight excluding hydrogens is 206 g/mol. The quantitative estimate of drug-likeness (QED) is 0.687. The Bertz CT molecular complexity index is 507. The highest BCUT2D eigenvalue weighted by Crippen LogP contribution is 2.20. The summed E-state index contributed by atoms with van der Waals surface area (Å²) in [7, 11) is 0. The molecule has 0 fully saturated rings. The molecule has 0 aliphatic carbocycles. The largest absolute Gasteiger partial charge is 0.378 e. The molecule has 0 radical (unpaired) electrons. The fraction of sp³-hybridized carbons (Fsp3) is 0.250. The lowest BCUT2D eigenvalue weighted by atomic mass is 10.1. The molecular formula is C12H11NOS. The number of rotatable bonds is 0. The molecule has 15 heavy (non-hydrogen) atoms. The van der Waals surface area contributed by atoms with Crippen LogP contribution in [0.3, 0.4) is 0 Å². The van der Waals surface area contributed by atoms with Crippen molar-refractivity contribution in [1.29, 1.82) is 0 Å². The van der Waals surface area contributed by atoms with Gasteiger partial charge in [-0.2, -0.15) is 0 Å². The van der Waals surface area contributed by atoms with Gasteiger partial charge in [0.1, 0.15) is 5.60 Å². The summed E-state index contributed by atoms with van der Waals surface area (Å²) in [4.78, 5) is 4.35. The van der Waals surface area contributed by atoms with E-state index in [0.29, 0.717) is 0 Å². The third-order valence-electron chi connectivity index (χ3n) is 1.77. The molecule has 0 bridgehead atoms. The van der Waals surface area contributed by atoms with Crippen molar-refractivity contribution in [3.63, 3.8) is 0 Å². The van der Waals surface area contributed by atoms with Crippen molar-refractivity contribution >= 4 is 21.6 Å². The Kier molecular flexibility index (Phi) is 2.47. The Hall–Kier alpha value is -1.37. The van der Waals surface area contributed by atoms with Gasteiger partial charge < -0.3 is 5.11 Å². The predicted octanol–water partition coefficient (Wildman–Crippen LogP) is 2.42. The lowest BCUT2D eigenvalue weighted by Crippen LogP contribution is -2.14. The van der Waals surface area contributed by atoms with Crippen LogP contribution in [0.4, 0.5) is 0 Å². The standard InChI is InChI=1S/C12H11NOS/c1-12(2,14)8-7-11-13-9-5-3-4-6-10(9)15-11/h3-6,14H,1-2H3. The highest BCUT2D eigenvalue weighted by Gasteiger charge is 2.06. The maximum absolute atomic E-state index is 9.46. The fourth-order valence-corrected chi connectivity index (χ4v) is 1.95. The molecule has 0 aliphatic heterocycles. The first-order valence-electron chi connectivity index (χ1n) is 4.66. The minimum absolute atomic E-state index is 0.748. The molecule has 0 unspecified atom stereocenters. The summed E-state index contributed by atoms with van der Waals surface area (Å²) in [6.45, 7) is 3.32. The first-order valence-corrected chi connectivity index (χ1v) is 5.47. The van der Waals surface area contributed by atoms with Gasteiger partial charge in [-0.1, -0.05) is 18.1 Å². The highest BCUT2D eigenvalue weighted by atomic mass is 32.1. The van der Waals surface area contributed by atoms with Crippen molar-refractivity contribution in [1.82, 2.24) is 4.98 Å². The Morgan fingerprint density at radius 3 is 2.73 bits per heavy atom. The van der Waals surface area contributed by atoms with Crippen molar-refractivity contribution in [2.24, 2.45) is 0 Å². The Morgan fingerprint density at radius 1 is 1.33 bits per heavy atom. The molecule has 1 aromatic carbocycles. The molecule has 2 aromatic rings. The normalized spacial score (nSPS) is 11.1. The molecule has 1 N–H and O–H groups in total. The molecule has 1 aromatic heterocycles. The van der Waals surface area contributed by atoms with Crippen molar-refractivity contribution in [3.8, 4) is 11.8 Å². The Morgan fingerprint density at radius 2 is 2.07 bits per heavy atom. The van der Waals surface area contributed by atoms with Crippen molar-refractivity contribution in [2.75, 3.05) is 0 Å². The molecule has 0 spiro atoms. The van der Waals surface area contributed by atoms with E-state index in [2.05, 4.69) is 16.8 Å². The van der Waals surface area contributed by atoms with Crippen LogP contribution in [0.25, 0.3) is 10.2 Å². The van der Waals surface area contributed by atoms with Crippen molar-refractivity contribution in [2.45, 2.75) is 19.4 Å². The minimum atomic E-state index is -0.960. The molecule has 0 aliphatic rings. The van der Waals surface area contributed by atoms with E-state index in [1.54, 1.807) is 25.2 Å². The van der Waals surface area contributed by atoms with E-state index in [-0.39, 0.29) is 0 Å². The van der Waals surface area contributed by atoms with Crippen molar-refractivity contribution < 1.29 is 5.11 Å². The average molecular weight is 217 g/mol. The average Bonchev–Trinajstić information content (AvgIpc) is 2.56. The van der Waals surface area contributed by atoms with Gasteiger partial charge >= 0.3 is 0 Å². The molecule has 0 saturated carbocycles. The van der Waals surface area contributed by atoms with Gasteiger partial charge in [-0.25, -0.2) is 4.98 Å². The van der Waals surface area contributed by atoms with Gasteiger partial charge in [0.05, 0.1) is 10.2 Å². The molecule has 2 nitrogen and oxygen atoms in total. The van der Waals surface area contributed by atoms with E-state index < -0.39 is 5.60 Å². The van der Waals surface area contributed by atoms with E-state index in [9.17, 15) is 5.11 Å². The minimum Gasteiger partial charge on any atom is -0.378 e. The molecule has 2 rings (SSSR count). The van der Waals surface area contributed by atoms with Gasteiger partial charge in [0.2, 0.25) is 0 Å². The molecule has 76 valence electrons. The first-order chi connectivity index (χ1) is 7.04. The van der Waals surface area contributed by atoms with E-state index in [1.165, 1.54) is 0 Å². The van der Waals surface area contributed by atoms with Gasteiger partial charge in [-0.15, -0.1) is 11.3 Å². The summed E-state index contributed by atoms with van der Waals surface area (Å²) in [5.41, 5.74) is 0.000229. The highest BCUT2D eigenvalue weighted by molar-refractivity contribution is 7.19. The number of hydrogen-bond acceptors (Lipinski definition) is 3. The van der Waals surface area contributed by atoms with Crippen LogP contribution in [0.1, 0.15) is 18.9 Å². The lowest BCUT2D eigenvalue weighted by molar-refractivity contribution is 0.143. The van der Waals surface area contributed by atoms with E-state index in [1.807, 2.05) is 24.3 Å². The van der Waals surface area contributed by atoms with Crippen LogP contribution in [-0.2, 0) is 0 Å². The molecule has 0 amide bonds. The van der Waals surface area contributed by atoms with E-state index >= 15 is 0 Å². The number of para-hydroxylation sites is 1. The van der Waals surface area contributed by atoms with Gasteiger partial charge in [0, 0.05) is 0 Å². The van der Waals surface area contributed by atoms with Gasteiger partial charge in [-0.05, 0) is 31.9 Å². The SMILES string of the molecule is CC(C)(O)C#Cc1nc2ccccc2s1. The Balaban J connectivity index is 2.41. The second-order valence-corrected chi connectivity index (χ2v) is 4.83. The second-order valence-electron chi connectivity index (χ2n) is 3.80. The number of fused-ring (bicyclic) bond motifs is 1. The molecule has 3 heteroatoms. The maximum Gasteiger partial charge on any atom is 0.168 e. The summed E-state index contributed by atoms with van der Waals surface area (Å²) in [5.74, 6) is 5.63. The van der Waals surface area contributed by atoms with Crippen LogP contribution >= 0.6 is 11.3 Å². The first kappa shape index (κ1) is 10.2. The fourth-order valence-electron chi connectivity index (χ4n) is 1.13. The van der Waals surface area contributed by atoms with Crippen LogP contribution in [-0.4, -0.2) is 15.7 Å². The summed E-state index contributed by atoms with van der Waals surface area (Å²) in [6, 6.07) is 7.91. The zero-order valence-electron chi connectivity index (χ0n) is 8.61. The van der Waals surface area contributed by atoms with Crippen LogP contribution in [0, 0.1) is 11.8 Å². The smallest absolute Gasteiger partial charge is 0.168 e. The number of aromatic nitrogens is 1. The third-order valence-corrected chi connectivity index (χ3v) is 2.72. The summed E-state index contributed by atoms with van der Waals surface area (Å²) in [6.07, 6.45) is 0. The van der Waals surface area contributed by atoms with E-state index in [0.717, 1.165) is 15.2 Å². The topological polar surface area (TPSA) is 33.1 Å². The summed E-state index contributed by atoms with van der Waals surface area (Å²) >= 11 is 1.54. The number of nitrogens with zero attached hydrogens (tertiary/aromatic N) is 1. The third kappa shape index (κ3) is 2.56. The maximum atomic E-state index is 9.46. The number of aliphatic hydroxyl groups is 1. The summed E-state index contributed by atoms with van der Waals surface area (Å²) in [5, 5.41) is 10.2. The Labute approximate surface area is 92.6 Å². The molecule has 1 heterocycles. The molecule has 0 atom stereocenters. The zero-order chi connectivity index (χ0) is 10.9. The van der Waals surface area contributed by atoms with Crippen LogP contribution in [0.5, 0.6) is 0 Å². The second kappa shape index (κ2) is 3.65. The monoisotopic (exact) mass is 217 g/mol. The van der Waals surface area contributed by atoms with Crippen LogP contribution in [0.2, 0.25) is 0 Å². The van der Waals surface area contributed by atoms with Crippen LogP contribution in [0.15, 0.2) is 24.3 Å². The van der Waals surface area contributed by atoms with Crippen LogP contribution < -0.4 is 0 Å². The van der Waals surface area contributed by atoms with Gasteiger partial charge in [0.25, 0.3) is 0 Å². The number of benzene rings is 1. The lowest BCUT2D eigenvalue weighted by Gasteiger charge is -2.05.